The van der Waals surface area contributed by atoms with Crippen molar-refractivity contribution in [3.8, 4) is 6.07 Å². The number of nitrogens with one attached hydrogen (secondary N) is 2. The minimum absolute atomic E-state index is 0.319. The smallest absolute Gasteiger partial charge is 0.251 e. The minimum Gasteiger partial charge on any atom is -0.341 e. The monoisotopic (exact) mass is 371 g/mol. The number of carbonyl (C=O) groups excluding carboxylic acids is 2. The summed E-state index contributed by atoms with van der Waals surface area (Å²) in [6.07, 6.45) is 0. The van der Waals surface area contributed by atoms with Crippen LogP contribution >= 0.6 is 15.9 Å². The molecule has 0 aliphatic carbocycles. The zero-order valence-electron chi connectivity index (χ0n) is 12.3. The normalized spacial score (nSPS) is 11.2. The molecule has 0 aliphatic rings. The number of carbonyl (C=O) groups is 2. The second-order valence-corrected chi connectivity index (χ2v) is 5.80. The number of rotatable bonds is 4. The molecule has 2 rings (SSSR count). The van der Waals surface area contributed by atoms with Gasteiger partial charge in [0.05, 0.1) is 11.6 Å². The molecule has 2 N–H and O–H groups in total. The quantitative estimate of drug-likeness (QED) is 0.866. The molecule has 0 saturated carbocycles. The van der Waals surface area contributed by atoms with Gasteiger partial charge in [0.25, 0.3) is 5.91 Å². The van der Waals surface area contributed by atoms with Crippen LogP contribution in [-0.4, -0.2) is 17.9 Å². The van der Waals surface area contributed by atoms with Crippen molar-refractivity contribution in [1.29, 1.82) is 5.26 Å². The van der Waals surface area contributed by atoms with Crippen LogP contribution in [0.3, 0.4) is 0 Å². The second-order valence-electron chi connectivity index (χ2n) is 4.88. The molecule has 0 aliphatic heterocycles. The van der Waals surface area contributed by atoms with E-state index in [9.17, 15) is 9.59 Å². The van der Waals surface area contributed by atoms with Crippen molar-refractivity contribution < 1.29 is 9.59 Å². The molecule has 0 aromatic heterocycles. The highest BCUT2D eigenvalue weighted by Gasteiger charge is 2.16. The molecule has 0 fully saturated rings. The van der Waals surface area contributed by atoms with Crippen LogP contribution in [0.5, 0.6) is 0 Å². The Kier molecular flexibility index (Phi) is 5.50. The highest BCUT2D eigenvalue weighted by atomic mass is 79.9. The van der Waals surface area contributed by atoms with Crippen LogP contribution in [0.1, 0.15) is 22.8 Å². The topological polar surface area (TPSA) is 82.0 Å². The molecule has 0 spiro atoms. The van der Waals surface area contributed by atoms with E-state index < -0.39 is 6.04 Å². The van der Waals surface area contributed by atoms with Crippen LogP contribution in [0.2, 0.25) is 0 Å². The lowest BCUT2D eigenvalue weighted by molar-refractivity contribution is -0.117. The van der Waals surface area contributed by atoms with Gasteiger partial charge < -0.3 is 10.6 Å². The van der Waals surface area contributed by atoms with Crippen molar-refractivity contribution in [2.45, 2.75) is 13.0 Å². The highest BCUT2D eigenvalue weighted by molar-refractivity contribution is 9.10. The van der Waals surface area contributed by atoms with Crippen molar-refractivity contribution in [2.75, 3.05) is 5.32 Å². The first-order chi connectivity index (χ1) is 11.0. The van der Waals surface area contributed by atoms with Crippen LogP contribution in [-0.2, 0) is 4.79 Å². The van der Waals surface area contributed by atoms with Crippen molar-refractivity contribution in [1.82, 2.24) is 5.32 Å². The number of nitriles is 1. The summed E-state index contributed by atoms with van der Waals surface area (Å²) >= 11 is 3.30. The maximum Gasteiger partial charge on any atom is 0.251 e. The van der Waals surface area contributed by atoms with E-state index in [2.05, 4.69) is 26.6 Å². The van der Waals surface area contributed by atoms with E-state index >= 15 is 0 Å². The van der Waals surface area contributed by atoms with E-state index in [0.29, 0.717) is 16.8 Å². The standard InChI is InChI=1S/C17H14BrN3O2/c1-11(20-17(23)13-4-6-14(18)7-5-13)16(22)21-15-8-2-12(10-19)3-9-15/h2-9,11H,1H3,(H,20,23)(H,21,22)/t11-/m1/s1. The molecule has 0 bridgehead atoms. The molecule has 2 amide bonds. The Bertz CT molecular complexity index is 749. The van der Waals surface area contributed by atoms with Crippen LogP contribution < -0.4 is 10.6 Å². The van der Waals surface area contributed by atoms with Gasteiger partial charge >= 0.3 is 0 Å². The van der Waals surface area contributed by atoms with E-state index in [0.717, 1.165) is 4.47 Å². The van der Waals surface area contributed by atoms with Gasteiger partial charge in [0.1, 0.15) is 6.04 Å². The molecular formula is C17H14BrN3O2. The number of hydrogen-bond acceptors (Lipinski definition) is 3. The molecule has 0 heterocycles. The SMILES string of the molecule is C[C@@H](NC(=O)c1ccc(Br)cc1)C(=O)Nc1ccc(C#N)cc1. The van der Waals surface area contributed by atoms with Crippen molar-refractivity contribution in [3.05, 3.63) is 64.1 Å². The van der Waals surface area contributed by atoms with Crippen LogP contribution in [0, 0.1) is 11.3 Å². The van der Waals surface area contributed by atoms with Gasteiger partial charge in [0.15, 0.2) is 0 Å². The van der Waals surface area contributed by atoms with Gasteiger partial charge in [-0.15, -0.1) is 0 Å². The van der Waals surface area contributed by atoms with Gasteiger partial charge in [-0.05, 0) is 55.5 Å². The maximum absolute atomic E-state index is 12.1. The molecule has 2 aromatic rings. The Morgan fingerprint density at radius 1 is 1.09 bits per heavy atom. The molecule has 0 unspecified atom stereocenters. The number of anilines is 1. The van der Waals surface area contributed by atoms with E-state index in [-0.39, 0.29) is 11.8 Å². The van der Waals surface area contributed by atoms with Gasteiger partial charge in [0.2, 0.25) is 5.91 Å². The maximum atomic E-state index is 12.1. The Hall–Kier alpha value is -2.65. The fourth-order valence-electron chi connectivity index (χ4n) is 1.83. The zero-order chi connectivity index (χ0) is 16.8. The van der Waals surface area contributed by atoms with Crippen molar-refractivity contribution >= 4 is 33.4 Å². The Labute approximate surface area is 142 Å². The third-order valence-corrected chi connectivity index (χ3v) is 3.66. The van der Waals surface area contributed by atoms with Gasteiger partial charge in [0, 0.05) is 15.7 Å². The molecule has 23 heavy (non-hydrogen) atoms. The predicted octanol–water partition coefficient (Wildman–Crippen LogP) is 3.08. The molecule has 1 atom stereocenters. The minimum atomic E-state index is -0.693. The first-order valence-corrected chi connectivity index (χ1v) is 7.66. The molecule has 2 aromatic carbocycles. The van der Waals surface area contributed by atoms with Gasteiger partial charge in [-0.2, -0.15) is 5.26 Å². The number of amides is 2. The highest BCUT2D eigenvalue weighted by Crippen LogP contribution is 2.11. The molecule has 0 radical (unpaired) electrons. The van der Waals surface area contributed by atoms with E-state index in [1.54, 1.807) is 55.5 Å². The van der Waals surface area contributed by atoms with Crippen molar-refractivity contribution in [3.63, 3.8) is 0 Å². The molecule has 5 nitrogen and oxygen atoms in total. The van der Waals surface area contributed by atoms with Crippen molar-refractivity contribution in [2.24, 2.45) is 0 Å². The average molecular weight is 372 g/mol. The largest absolute Gasteiger partial charge is 0.341 e. The fraction of sp³-hybridized carbons (Fsp3) is 0.118. The summed E-state index contributed by atoms with van der Waals surface area (Å²) in [6, 6.07) is 14.7. The number of hydrogen-bond donors (Lipinski definition) is 2. The van der Waals surface area contributed by atoms with Gasteiger partial charge in [-0.3, -0.25) is 9.59 Å². The second kappa shape index (κ2) is 7.56. The van der Waals surface area contributed by atoms with E-state index in [1.807, 2.05) is 6.07 Å². The molecule has 0 saturated heterocycles. The van der Waals surface area contributed by atoms with Gasteiger partial charge in [-0.1, -0.05) is 15.9 Å². The summed E-state index contributed by atoms with van der Waals surface area (Å²) in [5, 5.41) is 14.1. The van der Waals surface area contributed by atoms with Gasteiger partial charge in [-0.25, -0.2) is 0 Å². The number of benzene rings is 2. The molecule has 6 heteroatoms. The zero-order valence-corrected chi connectivity index (χ0v) is 13.9. The molecular weight excluding hydrogens is 358 g/mol. The third-order valence-electron chi connectivity index (χ3n) is 3.13. The lowest BCUT2D eigenvalue weighted by Gasteiger charge is -2.14. The van der Waals surface area contributed by atoms with E-state index in [4.69, 9.17) is 5.26 Å². The first kappa shape index (κ1) is 16.7. The average Bonchev–Trinajstić information content (AvgIpc) is 2.56. The Morgan fingerprint density at radius 2 is 1.70 bits per heavy atom. The van der Waals surface area contributed by atoms with Crippen LogP contribution in [0.25, 0.3) is 0 Å². The first-order valence-electron chi connectivity index (χ1n) is 6.87. The Balaban J connectivity index is 1.95. The summed E-state index contributed by atoms with van der Waals surface area (Å²) in [4.78, 5) is 24.2. The van der Waals surface area contributed by atoms with E-state index in [1.165, 1.54) is 0 Å². The number of halogens is 1. The summed E-state index contributed by atoms with van der Waals surface area (Å²) in [5.74, 6) is -0.653. The van der Waals surface area contributed by atoms with Crippen LogP contribution in [0.15, 0.2) is 53.0 Å². The summed E-state index contributed by atoms with van der Waals surface area (Å²) in [5.41, 5.74) is 1.56. The summed E-state index contributed by atoms with van der Waals surface area (Å²) in [6.45, 7) is 1.61. The predicted molar refractivity (Wildman–Crippen MR) is 90.9 cm³/mol. The van der Waals surface area contributed by atoms with Crippen LogP contribution in [0.4, 0.5) is 5.69 Å². The summed E-state index contributed by atoms with van der Waals surface area (Å²) < 4.78 is 0.876. The third kappa shape index (κ3) is 4.66. The fourth-order valence-corrected chi connectivity index (χ4v) is 2.09. The Morgan fingerprint density at radius 3 is 2.26 bits per heavy atom. The molecule has 116 valence electrons. The summed E-state index contributed by atoms with van der Waals surface area (Å²) in [7, 11) is 0. The lowest BCUT2D eigenvalue weighted by Crippen LogP contribution is -2.41. The lowest BCUT2D eigenvalue weighted by atomic mass is 10.2. The number of nitrogens with zero attached hydrogens (tertiary/aromatic N) is 1.